The summed E-state index contributed by atoms with van der Waals surface area (Å²) in [6, 6.07) is 24.7. The minimum atomic E-state index is 0.606. The van der Waals surface area contributed by atoms with E-state index in [0.29, 0.717) is 10.9 Å². The van der Waals surface area contributed by atoms with Crippen molar-refractivity contribution in [1.29, 1.82) is 0 Å². The smallest absolute Gasteiger partial charge is 0.136 e. The SMILES string of the molecule is CC(C)Cc1cccc(N(c2cccc(Cl)c2)c2coc3ccccc23)c1. The van der Waals surface area contributed by atoms with E-state index in [0.717, 1.165) is 34.5 Å². The summed E-state index contributed by atoms with van der Waals surface area (Å²) in [6.07, 6.45) is 2.87. The summed E-state index contributed by atoms with van der Waals surface area (Å²) >= 11 is 6.31. The van der Waals surface area contributed by atoms with Gasteiger partial charge in [-0.1, -0.05) is 55.8 Å². The van der Waals surface area contributed by atoms with Crippen LogP contribution < -0.4 is 4.90 Å². The number of rotatable bonds is 5. The minimum absolute atomic E-state index is 0.606. The highest BCUT2D eigenvalue weighted by Gasteiger charge is 2.18. The standard InChI is InChI=1S/C24H22ClNO/c1-17(2)13-18-7-5-9-20(14-18)26(21-10-6-8-19(25)15-21)23-16-27-24-12-4-3-11-22(23)24/h3-12,14-17H,13H2,1-2H3. The fourth-order valence-electron chi connectivity index (χ4n) is 3.47. The summed E-state index contributed by atoms with van der Waals surface area (Å²) in [5.41, 5.74) is 5.31. The molecule has 0 radical (unpaired) electrons. The van der Waals surface area contributed by atoms with Crippen LogP contribution in [0.4, 0.5) is 17.1 Å². The highest BCUT2D eigenvalue weighted by Crippen LogP contribution is 2.40. The maximum absolute atomic E-state index is 6.31. The molecular weight excluding hydrogens is 354 g/mol. The maximum atomic E-state index is 6.31. The van der Waals surface area contributed by atoms with Crippen molar-refractivity contribution in [2.75, 3.05) is 4.90 Å². The van der Waals surface area contributed by atoms with Crippen LogP contribution in [0.2, 0.25) is 5.02 Å². The van der Waals surface area contributed by atoms with Crippen LogP contribution >= 0.6 is 11.6 Å². The summed E-state index contributed by atoms with van der Waals surface area (Å²) < 4.78 is 5.82. The Balaban J connectivity index is 1.89. The molecule has 136 valence electrons. The van der Waals surface area contributed by atoms with Crippen molar-refractivity contribution in [2.45, 2.75) is 20.3 Å². The maximum Gasteiger partial charge on any atom is 0.136 e. The molecule has 1 heterocycles. The van der Waals surface area contributed by atoms with Gasteiger partial charge < -0.3 is 9.32 Å². The molecule has 0 fully saturated rings. The Morgan fingerprint density at radius 2 is 1.63 bits per heavy atom. The van der Waals surface area contributed by atoms with E-state index in [1.165, 1.54) is 5.56 Å². The number of para-hydroxylation sites is 1. The zero-order chi connectivity index (χ0) is 18.8. The average molecular weight is 376 g/mol. The molecule has 1 aromatic heterocycles. The predicted octanol–water partition coefficient (Wildman–Crippen LogP) is 7.75. The molecule has 3 heteroatoms. The van der Waals surface area contributed by atoms with Crippen LogP contribution in [-0.4, -0.2) is 0 Å². The number of nitrogens with zero attached hydrogens (tertiary/aromatic N) is 1. The Bertz CT molecular complexity index is 1070. The van der Waals surface area contributed by atoms with Gasteiger partial charge in [0.05, 0.1) is 5.69 Å². The number of furan rings is 1. The summed E-state index contributed by atoms with van der Waals surface area (Å²) in [5.74, 6) is 0.606. The lowest BCUT2D eigenvalue weighted by atomic mass is 10.0. The van der Waals surface area contributed by atoms with Crippen molar-refractivity contribution in [3.63, 3.8) is 0 Å². The number of hydrogen-bond acceptors (Lipinski definition) is 2. The molecule has 0 aliphatic rings. The van der Waals surface area contributed by atoms with Crippen molar-refractivity contribution in [2.24, 2.45) is 5.92 Å². The third-order valence-electron chi connectivity index (χ3n) is 4.58. The first kappa shape index (κ1) is 17.7. The van der Waals surface area contributed by atoms with Crippen LogP contribution in [0.3, 0.4) is 0 Å². The normalized spacial score (nSPS) is 11.3. The second kappa shape index (κ2) is 7.50. The average Bonchev–Trinajstić information content (AvgIpc) is 3.06. The van der Waals surface area contributed by atoms with Crippen molar-refractivity contribution < 1.29 is 4.42 Å². The third-order valence-corrected chi connectivity index (χ3v) is 4.82. The van der Waals surface area contributed by atoms with E-state index < -0.39 is 0 Å². The molecule has 2 nitrogen and oxygen atoms in total. The highest BCUT2D eigenvalue weighted by atomic mass is 35.5. The molecule has 0 bridgehead atoms. The van der Waals surface area contributed by atoms with Crippen LogP contribution in [-0.2, 0) is 6.42 Å². The Hall–Kier alpha value is -2.71. The van der Waals surface area contributed by atoms with Gasteiger partial charge in [-0.25, -0.2) is 0 Å². The summed E-state index contributed by atoms with van der Waals surface area (Å²) in [5, 5.41) is 1.79. The Morgan fingerprint density at radius 1 is 0.889 bits per heavy atom. The molecule has 0 unspecified atom stereocenters. The van der Waals surface area contributed by atoms with Crippen LogP contribution in [0.15, 0.2) is 83.5 Å². The van der Waals surface area contributed by atoms with Gasteiger partial charge in [-0.3, -0.25) is 0 Å². The van der Waals surface area contributed by atoms with E-state index in [1.54, 1.807) is 0 Å². The van der Waals surface area contributed by atoms with E-state index in [-0.39, 0.29) is 0 Å². The Morgan fingerprint density at radius 3 is 2.41 bits per heavy atom. The quantitative estimate of drug-likeness (QED) is 0.354. The van der Waals surface area contributed by atoms with Crippen molar-refractivity contribution in [3.05, 3.63) is 89.6 Å². The summed E-state index contributed by atoms with van der Waals surface area (Å²) in [6.45, 7) is 4.48. The fraction of sp³-hybridized carbons (Fsp3) is 0.167. The zero-order valence-corrected chi connectivity index (χ0v) is 16.3. The van der Waals surface area contributed by atoms with E-state index in [4.69, 9.17) is 16.0 Å². The van der Waals surface area contributed by atoms with Crippen LogP contribution in [0.25, 0.3) is 11.0 Å². The first-order chi connectivity index (χ1) is 13.1. The highest BCUT2D eigenvalue weighted by molar-refractivity contribution is 6.30. The van der Waals surface area contributed by atoms with Gasteiger partial charge in [0.2, 0.25) is 0 Å². The first-order valence-electron chi connectivity index (χ1n) is 9.22. The third kappa shape index (κ3) is 3.72. The van der Waals surface area contributed by atoms with Gasteiger partial charge in [0, 0.05) is 21.8 Å². The summed E-state index contributed by atoms with van der Waals surface area (Å²) in [4.78, 5) is 2.21. The number of fused-ring (bicyclic) bond motifs is 1. The van der Waals surface area contributed by atoms with Crippen LogP contribution in [0.1, 0.15) is 19.4 Å². The van der Waals surface area contributed by atoms with E-state index >= 15 is 0 Å². The van der Waals surface area contributed by atoms with Crippen LogP contribution in [0.5, 0.6) is 0 Å². The topological polar surface area (TPSA) is 16.4 Å². The van der Waals surface area contributed by atoms with E-state index in [9.17, 15) is 0 Å². The number of anilines is 3. The Kier molecular flexibility index (Phi) is 4.91. The molecule has 0 aliphatic heterocycles. The lowest BCUT2D eigenvalue weighted by Crippen LogP contribution is -2.10. The first-order valence-corrected chi connectivity index (χ1v) is 9.60. The minimum Gasteiger partial charge on any atom is -0.462 e. The van der Waals surface area contributed by atoms with Gasteiger partial charge in [-0.05, 0) is 60.4 Å². The molecule has 3 aromatic carbocycles. The predicted molar refractivity (Wildman–Crippen MR) is 114 cm³/mol. The second-order valence-corrected chi connectivity index (χ2v) is 7.64. The number of hydrogen-bond donors (Lipinski definition) is 0. The molecule has 0 aliphatic carbocycles. The lowest BCUT2D eigenvalue weighted by molar-refractivity contribution is 0.616. The zero-order valence-electron chi connectivity index (χ0n) is 15.5. The monoisotopic (exact) mass is 375 g/mol. The van der Waals surface area contributed by atoms with Gasteiger partial charge >= 0.3 is 0 Å². The Labute approximate surface area is 165 Å². The number of benzene rings is 3. The molecular formula is C24H22ClNO. The molecule has 4 aromatic rings. The van der Waals surface area contributed by atoms with Gasteiger partial charge in [-0.2, -0.15) is 0 Å². The molecule has 27 heavy (non-hydrogen) atoms. The van der Waals surface area contributed by atoms with E-state index in [1.807, 2.05) is 42.7 Å². The van der Waals surface area contributed by atoms with Gasteiger partial charge in [0.25, 0.3) is 0 Å². The second-order valence-electron chi connectivity index (χ2n) is 7.20. The molecule has 0 N–H and O–H groups in total. The van der Waals surface area contributed by atoms with Gasteiger partial charge in [-0.15, -0.1) is 0 Å². The molecule has 0 amide bonds. The molecule has 0 spiro atoms. The van der Waals surface area contributed by atoms with Crippen molar-refractivity contribution in [3.8, 4) is 0 Å². The van der Waals surface area contributed by atoms with Gasteiger partial charge in [0.1, 0.15) is 11.8 Å². The van der Waals surface area contributed by atoms with E-state index in [2.05, 4.69) is 55.1 Å². The molecule has 4 rings (SSSR count). The van der Waals surface area contributed by atoms with Crippen molar-refractivity contribution >= 4 is 39.6 Å². The number of halogens is 1. The largest absolute Gasteiger partial charge is 0.462 e. The fourth-order valence-corrected chi connectivity index (χ4v) is 3.66. The molecule has 0 saturated carbocycles. The molecule has 0 atom stereocenters. The van der Waals surface area contributed by atoms with Crippen molar-refractivity contribution in [1.82, 2.24) is 0 Å². The van der Waals surface area contributed by atoms with Gasteiger partial charge in [0.15, 0.2) is 0 Å². The lowest BCUT2D eigenvalue weighted by Gasteiger charge is -2.25. The summed E-state index contributed by atoms with van der Waals surface area (Å²) in [7, 11) is 0. The van der Waals surface area contributed by atoms with Crippen LogP contribution in [0, 0.1) is 5.92 Å². The molecule has 0 saturated heterocycles.